The molecule has 2 aromatic rings. The van der Waals surface area contributed by atoms with Gasteiger partial charge in [0.15, 0.2) is 0 Å². The molecule has 0 aliphatic rings. The molecule has 0 radical (unpaired) electrons. The maximum absolute atomic E-state index is 12.0. The van der Waals surface area contributed by atoms with Crippen LogP contribution in [-0.2, 0) is 11.2 Å². The van der Waals surface area contributed by atoms with Gasteiger partial charge in [0.25, 0.3) is 0 Å². The third-order valence-electron chi connectivity index (χ3n) is 3.83. The predicted octanol–water partition coefficient (Wildman–Crippen LogP) is 3.75. The lowest BCUT2D eigenvalue weighted by Crippen LogP contribution is -2.34. The van der Waals surface area contributed by atoms with Crippen LogP contribution in [0.2, 0.25) is 0 Å². The second-order valence-corrected chi connectivity index (χ2v) is 8.17. The highest BCUT2D eigenvalue weighted by Gasteiger charge is 2.16. The summed E-state index contributed by atoms with van der Waals surface area (Å²) >= 11 is 1.42. The Morgan fingerprint density at radius 2 is 1.88 bits per heavy atom. The van der Waals surface area contributed by atoms with Gasteiger partial charge in [0.1, 0.15) is 5.82 Å². The van der Waals surface area contributed by atoms with Gasteiger partial charge in [0, 0.05) is 44.0 Å². The summed E-state index contributed by atoms with van der Waals surface area (Å²) in [5.74, 6) is 1.90. The lowest BCUT2D eigenvalue weighted by molar-refractivity contribution is -0.121. The minimum Gasteiger partial charge on any atom is -0.356 e. The molecule has 0 unspecified atom stereocenters. The van der Waals surface area contributed by atoms with E-state index in [9.17, 15) is 4.79 Å². The number of benzene rings is 1. The number of amides is 1. The van der Waals surface area contributed by atoms with Crippen molar-refractivity contribution in [3.63, 3.8) is 0 Å². The molecular weight excluding hydrogens is 344 g/mol. The third-order valence-corrected chi connectivity index (χ3v) is 4.65. The topological polar surface area (TPSA) is 58.1 Å². The lowest BCUT2D eigenvalue weighted by Gasteiger charge is -2.23. The monoisotopic (exact) mass is 374 g/mol. The van der Waals surface area contributed by atoms with Gasteiger partial charge in [-0.2, -0.15) is 4.37 Å². The summed E-state index contributed by atoms with van der Waals surface area (Å²) in [4.78, 5) is 18.9. The molecule has 0 aliphatic carbocycles. The maximum Gasteiger partial charge on any atom is 0.221 e. The van der Waals surface area contributed by atoms with E-state index in [4.69, 9.17) is 4.98 Å². The SMILES string of the molecule is CC(C)CNC(=O)CCN(CC(C)C)c1nc(Cc2ccccc2)ns1. The van der Waals surface area contributed by atoms with Crippen molar-refractivity contribution >= 4 is 22.6 Å². The molecule has 1 aromatic heterocycles. The second-order valence-electron chi connectivity index (χ2n) is 7.44. The minimum absolute atomic E-state index is 0.0986. The van der Waals surface area contributed by atoms with E-state index in [0.717, 1.165) is 30.5 Å². The van der Waals surface area contributed by atoms with Gasteiger partial charge in [-0.05, 0) is 17.4 Å². The Hall–Kier alpha value is -1.95. The molecule has 0 saturated carbocycles. The van der Waals surface area contributed by atoms with Gasteiger partial charge in [-0.1, -0.05) is 58.0 Å². The fourth-order valence-corrected chi connectivity index (χ4v) is 3.29. The molecule has 1 heterocycles. The Kier molecular flexibility index (Phi) is 8.04. The van der Waals surface area contributed by atoms with Crippen molar-refractivity contribution in [3.8, 4) is 0 Å². The Morgan fingerprint density at radius 3 is 2.54 bits per heavy atom. The first-order valence-electron chi connectivity index (χ1n) is 9.32. The zero-order valence-corrected chi connectivity index (χ0v) is 17.1. The van der Waals surface area contributed by atoms with Crippen molar-refractivity contribution in [3.05, 3.63) is 41.7 Å². The van der Waals surface area contributed by atoms with Gasteiger partial charge in [-0.15, -0.1) is 0 Å². The largest absolute Gasteiger partial charge is 0.356 e. The molecule has 0 aliphatic heterocycles. The number of hydrogen-bond acceptors (Lipinski definition) is 5. The van der Waals surface area contributed by atoms with Crippen LogP contribution in [0.3, 0.4) is 0 Å². The summed E-state index contributed by atoms with van der Waals surface area (Å²) in [5.41, 5.74) is 1.21. The van der Waals surface area contributed by atoms with Crippen molar-refractivity contribution in [2.75, 3.05) is 24.5 Å². The average Bonchev–Trinajstić information content (AvgIpc) is 3.05. The molecule has 1 amide bonds. The number of aromatic nitrogens is 2. The Bertz CT molecular complexity index is 669. The van der Waals surface area contributed by atoms with Crippen molar-refractivity contribution in [2.45, 2.75) is 40.5 Å². The normalized spacial score (nSPS) is 11.2. The number of carbonyl (C=O) groups is 1. The summed E-state index contributed by atoms with van der Waals surface area (Å²) in [6.07, 6.45) is 1.22. The second kappa shape index (κ2) is 10.3. The smallest absolute Gasteiger partial charge is 0.221 e. The first-order valence-corrected chi connectivity index (χ1v) is 10.1. The number of hydrogen-bond donors (Lipinski definition) is 1. The number of nitrogens with one attached hydrogen (secondary N) is 1. The van der Waals surface area contributed by atoms with Crippen molar-refractivity contribution in [1.82, 2.24) is 14.7 Å². The summed E-state index contributed by atoms with van der Waals surface area (Å²) in [7, 11) is 0. The molecule has 6 heteroatoms. The van der Waals surface area contributed by atoms with Crippen LogP contribution in [-0.4, -0.2) is 34.9 Å². The lowest BCUT2D eigenvalue weighted by atomic mass is 10.1. The van der Waals surface area contributed by atoms with Crippen molar-refractivity contribution < 1.29 is 4.79 Å². The first-order chi connectivity index (χ1) is 12.4. The molecule has 1 N–H and O–H groups in total. The van der Waals surface area contributed by atoms with Gasteiger partial charge < -0.3 is 10.2 Å². The quantitative estimate of drug-likeness (QED) is 0.688. The molecule has 142 valence electrons. The standard InChI is InChI=1S/C20H30N4OS/c1-15(2)13-21-19(25)10-11-24(14-16(3)4)20-22-18(23-26-20)12-17-8-6-5-7-9-17/h5-9,15-16H,10-14H2,1-4H3,(H,21,25). The molecule has 26 heavy (non-hydrogen) atoms. The van der Waals surface area contributed by atoms with E-state index in [1.807, 2.05) is 18.2 Å². The van der Waals surface area contributed by atoms with Crippen LogP contribution in [0.15, 0.2) is 30.3 Å². The Labute approximate surface area is 161 Å². The van der Waals surface area contributed by atoms with E-state index in [-0.39, 0.29) is 5.91 Å². The molecule has 0 spiro atoms. The summed E-state index contributed by atoms with van der Waals surface area (Å²) in [5, 5.41) is 3.89. The van der Waals surface area contributed by atoms with E-state index >= 15 is 0 Å². The zero-order chi connectivity index (χ0) is 18.9. The van der Waals surface area contributed by atoms with Crippen LogP contribution in [0.5, 0.6) is 0 Å². The van der Waals surface area contributed by atoms with Crippen molar-refractivity contribution in [2.24, 2.45) is 11.8 Å². The first kappa shape index (κ1) is 20.4. The zero-order valence-electron chi connectivity index (χ0n) is 16.2. The Balaban J connectivity index is 1.96. The Morgan fingerprint density at radius 1 is 1.15 bits per heavy atom. The van der Waals surface area contributed by atoms with Crippen LogP contribution in [0, 0.1) is 11.8 Å². The third kappa shape index (κ3) is 7.12. The molecule has 1 aromatic carbocycles. The van der Waals surface area contributed by atoms with E-state index < -0.39 is 0 Å². The van der Waals surface area contributed by atoms with Gasteiger partial charge in [-0.25, -0.2) is 4.98 Å². The number of nitrogens with zero attached hydrogens (tertiary/aromatic N) is 3. The minimum atomic E-state index is 0.0986. The predicted molar refractivity (Wildman–Crippen MR) is 109 cm³/mol. The van der Waals surface area contributed by atoms with Crippen LogP contribution in [0.1, 0.15) is 45.5 Å². The van der Waals surface area contributed by atoms with Crippen LogP contribution in [0.4, 0.5) is 5.13 Å². The van der Waals surface area contributed by atoms with Gasteiger partial charge in [0.05, 0.1) is 0 Å². The van der Waals surface area contributed by atoms with E-state index in [2.05, 4.69) is 54.4 Å². The van der Waals surface area contributed by atoms with Gasteiger partial charge in [-0.3, -0.25) is 4.79 Å². The van der Waals surface area contributed by atoms with Crippen LogP contribution >= 0.6 is 11.5 Å². The number of anilines is 1. The average molecular weight is 375 g/mol. The van der Waals surface area contributed by atoms with Gasteiger partial charge >= 0.3 is 0 Å². The molecule has 0 bridgehead atoms. The number of rotatable bonds is 10. The van der Waals surface area contributed by atoms with E-state index in [1.165, 1.54) is 17.1 Å². The van der Waals surface area contributed by atoms with E-state index in [0.29, 0.717) is 24.8 Å². The molecule has 0 fully saturated rings. The van der Waals surface area contributed by atoms with Crippen molar-refractivity contribution in [1.29, 1.82) is 0 Å². The highest BCUT2D eigenvalue weighted by molar-refractivity contribution is 7.09. The summed E-state index contributed by atoms with van der Waals surface area (Å²) in [6.45, 7) is 10.8. The molecule has 2 rings (SSSR count). The number of carbonyl (C=O) groups excluding carboxylic acids is 1. The van der Waals surface area contributed by atoms with Gasteiger partial charge in [0.2, 0.25) is 11.0 Å². The maximum atomic E-state index is 12.0. The highest BCUT2D eigenvalue weighted by Crippen LogP contribution is 2.20. The molecule has 0 atom stereocenters. The fraction of sp³-hybridized carbons (Fsp3) is 0.550. The highest BCUT2D eigenvalue weighted by atomic mass is 32.1. The molecule has 5 nitrogen and oxygen atoms in total. The van der Waals surface area contributed by atoms with Crippen LogP contribution < -0.4 is 10.2 Å². The molecule has 0 saturated heterocycles. The molecular formula is C20H30N4OS. The van der Waals surface area contributed by atoms with Crippen LogP contribution in [0.25, 0.3) is 0 Å². The summed E-state index contributed by atoms with van der Waals surface area (Å²) < 4.78 is 4.51. The fourth-order valence-electron chi connectivity index (χ4n) is 2.57. The summed E-state index contributed by atoms with van der Waals surface area (Å²) in [6, 6.07) is 10.3. The van der Waals surface area contributed by atoms with E-state index in [1.54, 1.807) is 0 Å².